The third-order valence-corrected chi connectivity index (χ3v) is 9.00. The van der Waals surface area contributed by atoms with Gasteiger partial charge in [-0.2, -0.15) is 0 Å². The van der Waals surface area contributed by atoms with E-state index in [9.17, 15) is 5.11 Å². The van der Waals surface area contributed by atoms with Crippen LogP contribution in [-0.2, 0) is 0 Å². The monoisotopic (exact) mass is 620 g/mol. The number of anilines is 2. The Kier molecular flexibility index (Phi) is 9.61. The van der Waals surface area contributed by atoms with E-state index < -0.39 is 0 Å². The number of phenolic OH excluding ortho intramolecular Hbond substituents is 1. The highest BCUT2D eigenvalue weighted by Crippen LogP contribution is 2.41. The largest absolute Gasteiger partial charge is 0.502 e. The van der Waals surface area contributed by atoms with Gasteiger partial charge < -0.3 is 29.4 Å². The average Bonchev–Trinajstić information content (AvgIpc) is 3.55. The molecule has 240 valence electrons. The summed E-state index contributed by atoms with van der Waals surface area (Å²) in [6, 6.07) is 21.0. The number of nitrogens with zero attached hydrogens (tertiary/aromatic N) is 5. The fraction of sp³-hybridized carbons (Fsp3) is 0.324. The first kappa shape index (κ1) is 31.3. The Labute approximate surface area is 272 Å². The Morgan fingerprint density at radius 3 is 1.59 bits per heavy atom. The molecular weight excluding hydrogens is 576 g/mol. The predicted octanol–water partition coefficient (Wildman–Crippen LogP) is 5.75. The molecule has 1 aromatic heterocycles. The maximum Gasteiger partial charge on any atom is 0.200 e. The van der Waals surface area contributed by atoms with Gasteiger partial charge in [-0.15, -0.1) is 13.2 Å². The van der Waals surface area contributed by atoms with E-state index in [-0.39, 0.29) is 5.75 Å². The van der Waals surface area contributed by atoms with E-state index in [2.05, 4.69) is 86.3 Å². The van der Waals surface area contributed by atoms with E-state index in [1.54, 1.807) is 12.1 Å². The van der Waals surface area contributed by atoms with Gasteiger partial charge in [0, 0.05) is 93.5 Å². The van der Waals surface area contributed by atoms with Gasteiger partial charge >= 0.3 is 0 Å². The first-order chi connectivity index (χ1) is 22.5. The zero-order valence-corrected chi connectivity index (χ0v) is 26.9. The third-order valence-electron chi connectivity index (χ3n) is 9.00. The van der Waals surface area contributed by atoms with Crippen LogP contribution in [0, 0.1) is 0 Å². The number of ether oxygens (including phenoxy) is 2. The average molecular weight is 621 g/mol. The summed E-state index contributed by atoms with van der Waals surface area (Å²) in [6.07, 6.45) is 3.95. The molecule has 3 aromatic carbocycles. The number of imidazole rings is 1. The van der Waals surface area contributed by atoms with Crippen molar-refractivity contribution in [1.82, 2.24) is 19.8 Å². The van der Waals surface area contributed by atoms with Crippen LogP contribution in [0.1, 0.15) is 0 Å². The van der Waals surface area contributed by atoms with Crippen LogP contribution in [0.5, 0.6) is 17.2 Å². The van der Waals surface area contributed by atoms with Crippen molar-refractivity contribution < 1.29 is 14.6 Å². The Morgan fingerprint density at radius 1 is 0.696 bits per heavy atom. The second-order valence-corrected chi connectivity index (χ2v) is 11.8. The molecule has 2 fully saturated rings. The number of aromatic amines is 1. The van der Waals surface area contributed by atoms with Crippen molar-refractivity contribution in [2.45, 2.75) is 0 Å². The summed E-state index contributed by atoms with van der Waals surface area (Å²) in [5, 5.41) is 10.5. The van der Waals surface area contributed by atoms with Crippen LogP contribution in [0.3, 0.4) is 0 Å². The van der Waals surface area contributed by atoms with Crippen LogP contribution in [0.25, 0.3) is 33.9 Å². The molecule has 2 aliphatic rings. The molecule has 0 unspecified atom stereocenters. The number of aromatic nitrogens is 2. The molecule has 0 amide bonds. The molecule has 0 atom stereocenters. The van der Waals surface area contributed by atoms with Crippen molar-refractivity contribution >= 4 is 11.4 Å². The summed E-state index contributed by atoms with van der Waals surface area (Å²) in [7, 11) is 3.05. The molecule has 6 rings (SSSR count). The minimum absolute atomic E-state index is 0.0393. The fourth-order valence-corrected chi connectivity index (χ4v) is 6.37. The Balaban J connectivity index is 1.32. The summed E-state index contributed by atoms with van der Waals surface area (Å²) in [5.74, 6) is 1.27. The Bertz CT molecular complexity index is 1520. The van der Waals surface area contributed by atoms with E-state index in [1.165, 1.54) is 25.6 Å². The maximum atomic E-state index is 10.5. The van der Waals surface area contributed by atoms with Gasteiger partial charge in [0.15, 0.2) is 11.5 Å². The van der Waals surface area contributed by atoms with Crippen LogP contribution in [-0.4, -0.2) is 105 Å². The van der Waals surface area contributed by atoms with Crippen LogP contribution < -0.4 is 19.3 Å². The van der Waals surface area contributed by atoms with Gasteiger partial charge in [0.25, 0.3) is 0 Å². The van der Waals surface area contributed by atoms with Gasteiger partial charge in [0.2, 0.25) is 5.75 Å². The second-order valence-electron chi connectivity index (χ2n) is 11.8. The van der Waals surface area contributed by atoms with Crippen LogP contribution in [0.4, 0.5) is 11.4 Å². The Hall–Kier alpha value is -4.73. The fourth-order valence-electron chi connectivity index (χ4n) is 6.37. The van der Waals surface area contributed by atoms with E-state index in [4.69, 9.17) is 14.5 Å². The van der Waals surface area contributed by atoms with Gasteiger partial charge in [0.05, 0.1) is 25.6 Å². The third kappa shape index (κ3) is 6.61. The maximum absolute atomic E-state index is 10.5. The lowest BCUT2D eigenvalue weighted by Gasteiger charge is -2.35. The SMILES string of the molecule is C=CCN1CCN(c2ccc(-c3nc(-c4cc(OC)c(O)c(OC)c4)[nH]c3-c3ccc(N4CCN(CC=C)CC4)cc3)cc2)CC1. The van der Waals surface area contributed by atoms with Gasteiger partial charge in [-0.3, -0.25) is 9.80 Å². The van der Waals surface area contributed by atoms with Gasteiger partial charge in [-0.05, 0) is 36.4 Å². The first-order valence-electron chi connectivity index (χ1n) is 15.9. The lowest BCUT2D eigenvalue weighted by Crippen LogP contribution is -2.46. The number of benzene rings is 3. The molecule has 3 heterocycles. The molecule has 0 bridgehead atoms. The molecule has 46 heavy (non-hydrogen) atoms. The Morgan fingerprint density at radius 2 is 1.15 bits per heavy atom. The standard InChI is InChI=1S/C37H44N6O3/c1-5-15-40-17-21-42(22-18-40)30-11-7-27(8-12-30)34-35(39-37(38-34)29-25-32(45-3)36(44)33(26-29)46-4)28-9-13-31(14-10-28)43-23-19-41(16-6-2)20-24-43/h5-14,25-26,44H,1-2,15-24H2,3-4H3,(H,38,39). The molecule has 2 N–H and O–H groups in total. The number of hydrogen-bond donors (Lipinski definition) is 2. The lowest BCUT2D eigenvalue weighted by atomic mass is 10.0. The highest BCUT2D eigenvalue weighted by Gasteiger charge is 2.21. The number of rotatable bonds is 11. The van der Waals surface area contributed by atoms with E-state index in [1.807, 2.05) is 12.2 Å². The van der Waals surface area contributed by atoms with Crippen LogP contribution in [0.15, 0.2) is 86.0 Å². The van der Waals surface area contributed by atoms with Crippen LogP contribution >= 0.6 is 0 Å². The summed E-state index contributed by atoms with van der Waals surface area (Å²) in [5.41, 5.74) is 7.03. The van der Waals surface area contributed by atoms with E-state index in [0.29, 0.717) is 17.3 Å². The summed E-state index contributed by atoms with van der Waals surface area (Å²) in [4.78, 5) is 18.4. The molecule has 0 radical (unpaired) electrons. The zero-order valence-electron chi connectivity index (χ0n) is 26.9. The second kappa shape index (κ2) is 14.1. The normalized spacial score (nSPS) is 16.0. The predicted molar refractivity (Wildman–Crippen MR) is 187 cm³/mol. The number of methoxy groups -OCH3 is 2. The molecule has 0 spiro atoms. The zero-order chi connectivity index (χ0) is 32.0. The minimum Gasteiger partial charge on any atom is -0.502 e. The number of nitrogens with one attached hydrogen (secondary N) is 1. The number of H-pyrrole nitrogens is 1. The van der Waals surface area contributed by atoms with Crippen molar-refractivity contribution in [3.05, 3.63) is 86.0 Å². The van der Waals surface area contributed by atoms with E-state index in [0.717, 1.165) is 93.5 Å². The summed E-state index contributed by atoms with van der Waals surface area (Å²) >= 11 is 0. The molecular formula is C37H44N6O3. The molecule has 0 saturated carbocycles. The summed E-state index contributed by atoms with van der Waals surface area (Å²) in [6.45, 7) is 17.7. The van der Waals surface area contributed by atoms with Crippen molar-refractivity contribution in [3.63, 3.8) is 0 Å². The molecule has 2 saturated heterocycles. The highest BCUT2D eigenvalue weighted by atomic mass is 16.5. The minimum atomic E-state index is -0.0393. The quantitative estimate of drug-likeness (QED) is 0.205. The topological polar surface area (TPSA) is 80.3 Å². The van der Waals surface area contributed by atoms with Crippen molar-refractivity contribution in [1.29, 1.82) is 0 Å². The number of piperazine rings is 2. The highest BCUT2D eigenvalue weighted by molar-refractivity contribution is 5.83. The molecule has 4 aromatic rings. The number of aromatic hydroxyl groups is 1. The summed E-state index contributed by atoms with van der Waals surface area (Å²) < 4.78 is 10.9. The first-order valence-corrected chi connectivity index (χ1v) is 15.9. The van der Waals surface area contributed by atoms with Crippen molar-refractivity contribution in [3.8, 4) is 51.2 Å². The van der Waals surface area contributed by atoms with Gasteiger partial charge in [-0.1, -0.05) is 36.4 Å². The molecule has 9 nitrogen and oxygen atoms in total. The molecule has 0 aliphatic carbocycles. The van der Waals surface area contributed by atoms with Crippen LogP contribution in [0.2, 0.25) is 0 Å². The number of hydrogen-bond acceptors (Lipinski definition) is 8. The van der Waals surface area contributed by atoms with Gasteiger partial charge in [0.1, 0.15) is 5.82 Å². The molecule has 2 aliphatic heterocycles. The smallest absolute Gasteiger partial charge is 0.200 e. The molecule has 9 heteroatoms. The van der Waals surface area contributed by atoms with E-state index >= 15 is 0 Å². The number of phenols is 1. The van der Waals surface area contributed by atoms with Crippen molar-refractivity contribution in [2.24, 2.45) is 0 Å². The lowest BCUT2D eigenvalue weighted by molar-refractivity contribution is 0.284. The van der Waals surface area contributed by atoms with Gasteiger partial charge in [-0.25, -0.2) is 4.98 Å². The van der Waals surface area contributed by atoms with Crippen molar-refractivity contribution in [2.75, 3.05) is 89.5 Å².